The number of anilines is 2. The quantitative estimate of drug-likeness (QED) is 0.638. The number of carbonyl (C=O) groups is 1. The van der Waals surface area contributed by atoms with Crippen LogP contribution in [0.3, 0.4) is 0 Å². The van der Waals surface area contributed by atoms with Gasteiger partial charge in [0.1, 0.15) is 5.76 Å². The van der Waals surface area contributed by atoms with E-state index in [4.69, 9.17) is 4.42 Å². The van der Waals surface area contributed by atoms with Gasteiger partial charge in [0.05, 0.1) is 0 Å². The molecule has 154 valence electrons. The zero-order chi connectivity index (χ0) is 20.5. The molecular weight excluding hydrogens is 374 g/mol. The predicted octanol–water partition coefficient (Wildman–Crippen LogP) is 4.90. The Kier molecular flexibility index (Phi) is 5.05. The molecule has 0 saturated carbocycles. The van der Waals surface area contributed by atoms with E-state index in [1.165, 1.54) is 12.8 Å². The van der Waals surface area contributed by atoms with Crippen molar-refractivity contribution in [2.75, 3.05) is 18.4 Å². The summed E-state index contributed by atoms with van der Waals surface area (Å²) >= 11 is 0. The molecule has 3 saturated heterocycles. The standard InChI is InChI=1S/C25H27N3O2/c1-17-24(19-13-15-28(17)16-14-19)27-25(29)23-12-11-22(30-23)18-7-9-21(10-8-18)26-20-5-3-2-4-6-20/h2-12,17,19,24,26H,13-16H2,1H3,(H,27,29)/t17-,24+/m1/s1. The van der Waals surface area contributed by atoms with Gasteiger partial charge < -0.3 is 15.1 Å². The van der Waals surface area contributed by atoms with Crippen molar-refractivity contribution in [1.82, 2.24) is 10.2 Å². The number of hydrogen-bond donors (Lipinski definition) is 2. The summed E-state index contributed by atoms with van der Waals surface area (Å²) in [5.74, 6) is 1.54. The second-order valence-corrected chi connectivity index (χ2v) is 8.35. The van der Waals surface area contributed by atoms with Gasteiger partial charge in [-0.2, -0.15) is 0 Å². The first-order chi connectivity index (χ1) is 14.7. The van der Waals surface area contributed by atoms with Gasteiger partial charge in [0, 0.05) is 29.0 Å². The monoisotopic (exact) mass is 401 g/mol. The summed E-state index contributed by atoms with van der Waals surface area (Å²) in [5.41, 5.74) is 3.00. The summed E-state index contributed by atoms with van der Waals surface area (Å²) in [6, 6.07) is 22.3. The van der Waals surface area contributed by atoms with Gasteiger partial charge in [-0.1, -0.05) is 18.2 Å². The van der Waals surface area contributed by atoms with Gasteiger partial charge in [0.15, 0.2) is 5.76 Å². The van der Waals surface area contributed by atoms with Crippen LogP contribution in [0.2, 0.25) is 0 Å². The molecule has 5 nitrogen and oxygen atoms in total. The van der Waals surface area contributed by atoms with Crippen molar-refractivity contribution in [1.29, 1.82) is 0 Å². The number of piperidine rings is 3. The van der Waals surface area contributed by atoms with Gasteiger partial charge in [0.2, 0.25) is 0 Å². The highest BCUT2D eigenvalue weighted by molar-refractivity contribution is 5.92. The molecule has 30 heavy (non-hydrogen) atoms. The fourth-order valence-electron chi connectivity index (χ4n) is 4.79. The van der Waals surface area contributed by atoms with Gasteiger partial charge in [-0.3, -0.25) is 9.69 Å². The average molecular weight is 402 g/mol. The first kappa shape index (κ1) is 18.9. The fourth-order valence-corrected chi connectivity index (χ4v) is 4.79. The Morgan fingerprint density at radius 1 is 0.933 bits per heavy atom. The Labute approximate surface area is 177 Å². The molecule has 6 rings (SSSR count). The predicted molar refractivity (Wildman–Crippen MR) is 119 cm³/mol. The van der Waals surface area contributed by atoms with E-state index in [0.717, 1.165) is 30.0 Å². The minimum Gasteiger partial charge on any atom is -0.451 e. The molecular formula is C25H27N3O2. The molecule has 3 aliphatic heterocycles. The Morgan fingerprint density at radius 2 is 1.63 bits per heavy atom. The topological polar surface area (TPSA) is 57.5 Å². The van der Waals surface area contributed by atoms with Gasteiger partial charge in [0.25, 0.3) is 5.91 Å². The van der Waals surface area contributed by atoms with Gasteiger partial charge in [-0.25, -0.2) is 0 Å². The lowest BCUT2D eigenvalue weighted by Gasteiger charge is -2.49. The van der Waals surface area contributed by atoms with Crippen LogP contribution in [0.1, 0.15) is 30.3 Å². The molecule has 1 amide bonds. The fraction of sp³-hybridized carbons (Fsp3) is 0.320. The molecule has 2 N–H and O–H groups in total. The van der Waals surface area contributed by atoms with E-state index >= 15 is 0 Å². The lowest BCUT2D eigenvalue weighted by Crippen LogP contribution is -2.62. The van der Waals surface area contributed by atoms with E-state index in [-0.39, 0.29) is 11.9 Å². The highest BCUT2D eigenvalue weighted by Gasteiger charge is 2.40. The van der Waals surface area contributed by atoms with Crippen LogP contribution >= 0.6 is 0 Å². The van der Waals surface area contributed by atoms with E-state index in [1.807, 2.05) is 60.7 Å². The molecule has 0 radical (unpaired) electrons. The van der Waals surface area contributed by atoms with Crippen molar-refractivity contribution in [3.05, 3.63) is 72.5 Å². The number of carbonyl (C=O) groups excluding carboxylic acids is 1. The third-order valence-electron chi connectivity index (χ3n) is 6.54. The van der Waals surface area contributed by atoms with E-state index in [9.17, 15) is 4.79 Å². The number of nitrogens with one attached hydrogen (secondary N) is 2. The third kappa shape index (κ3) is 3.73. The number of rotatable bonds is 5. The molecule has 0 unspecified atom stereocenters. The van der Waals surface area contributed by atoms with Crippen LogP contribution in [0, 0.1) is 5.92 Å². The van der Waals surface area contributed by atoms with Crippen LogP contribution in [0.4, 0.5) is 11.4 Å². The highest BCUT2D eigenvalue weighted by Crippen LogP contribution is 2.32. The van der Waals surface area contributed by atoms with E-state index in [1.54, 1.807) is 6.07 Å². The van der Waals surface area contributed by atoms with Crippen molar-refractivity contribution in [2.45, 2.75) is 31.8 Å². The minimum absolute atomic E-state index is 0.116. The molecule has 3 aromatic rings. The summed E-state index contributed by atoms with van der Waals surface area (Å²) in [5, 5.41) is 6.60. The normalized spacial score (nSPS) is 25.1. The largest absolute Gasteiger partial charge is 0.451 e. The van der Waals surface area contributed by atoms with Crippen molar-refractivity contribution in [3.63, 3.8) is 0 Å². The van der Waals surface area contributed by atoms with E-state index in [2.05, 4.69) is 22.5 Å². The number of para-hydroxylation sites is 1. The van der Waals surface area contributed by atoms with Crippen LogP contribution in [-0.4, -0.2) is 36.0 Å². The Hall–Kier alpha value is -3.05. The Balaban J connectivity index is 1.25. The lowest BCUT2D eigenvalue weighted by molar-refractivity contribution is 0.0211. The minimum atomic E-state index is -0.116. The SMILES string of the molecule is C[C@@H]1[C@H](NC(=O)c2ccc(-c3ccc(Nc4ccccc4)cc3)o2)C2CCN1CC2. The van der Waals surface area contributed by atoms with Crippen LogP contribution in [0.15, 0.2) is 71.1 Å². The number of amides is 1. The summed E-state index contributed by atoms with van der Waals surface area (Å²) < 4.78 is 5.90. The van der Waals surface area contributed by atoms with Gasteiger partial charge in [-0.05, 0) is 87.3 Å². The molecule has 3 aliphatic rings. The molecule has 4 heterocycles. The summed E-state index contributed by atoms with van der Waals surface area (Å²) in [6.45, 7) is 4.52. The van der Waals surface area contributed by atoms with Crippen molar-refractivity contribution < 1.29 is 9.21 Å². The third-order valence-corrected chi connectivity index (χ3v) is 6.54. The number of furan rings is 1. The van der Waals surface area contributed by atoms with Crippen molar-refractivity contribution >= 4 is 17.3 Å². The molecule has 5 heteroatoms. The highest BCUT2D eigenvalue weighted by atomic mass is 16.3. The van der Waals surface area contributed by atoms with Crippen LogP contribution < -0.4 is 10.6 Å². The average Bonchev–Trinajstić information content (AvgIpc) is 3.28. The van der Waals surface area contributed by atoms with E-state index < -0.39 is 0 Å². The maximum Gasteiger partial charge on any atom is 0.287 e. The molecule has 2 bridgehead atoms. The maximum atomic E-state index is 12.8. The molecule has 2 atom stereocenters. The van der Waals surface area contributed by atoms with Gasteiger partial charge >= 0.3 is 0 Å². The number of fused-ring (bicyclic) bond motifs is 3. The Morgan fingerprint density at radius 3 is 2.33 bits per heavy atom. The van der Waals surface area contributed by atoms with Crippen molar-refractivity contribution in [2.24, 2.45) is 5.92 Å². The van der Waals surface area contributed by atoms with Crippen molar-refractivity contribution in [3.8, 4) is 11.3 Å². The molecule has 3 fully saturated rings. The lowest BCUT2D eigenvalue weighted by atomic mass is 9.79. The maximum absolute atomic E-state index is 12.8. The number of nitrogens with zero attached hydrogens (tertiary/aromatic N) is 1. The molecule has 0 spiro atoms. The summed E-state index contributed by atoms with van der Waals surface area (Å²) in [4.78, 5) is 15.3. The van der Waals surface area contributed by atoms with Crippen LogP contribution in [0.5, 0.6) is 0 Å². The van der Waals surface area contributed by atoms with Crippen LogP contribution in [0.25, 0.3) is 11.3 Å². The first-order valence-corrected chi connectivity index (χ1v) is 10.7. The first-order valence-electron chi connectivity index (χ1n) is 10.7. The zero-order valence-corrected chi connectivity index (χ0v) is 17.2. The molecule has 2 aromatic carbocycles. The second kappa shape index (κ2) is 8.00. The number of benzene rings is 2. The summed E-state index contributed by atoms with van der Waals surface area (Å²) in [7, 11) is 0. The van der Waals surface area contributed by atoms with Gasteiger partial charge in [-0.15, -0.1) is 0 Å². The molecule has 1 aromatic heterocycles. The molecule has 0 aliphatic carbocycles. The second-order valence-electron chi connectivity index (χ2n) is 8.35. The smallest absolute Gasteiger partial charge is 0.287 e. The number of hydrogen-bond acceptors (Lipinski definition) is 4. The summed E-state index contributed by atoms with van der Waals surface area (Å²) in [6.07, 6.45) is 2.34. The zero-order valence-electron chi connectivity index (χ0n) is 17.2. The Bertz CT molecular complexity index is 1000. The van der Waals surface area contributed by atoms with Crippen LogP contribution in [-0.2, 0) is 0 Å². The van der Waals surface area contributed by atoms with E-state index in [0.29, 0.717) is 23.5 Å².